The van der Waals surface area contributed by atoms with Crippen molar-refractivity contribution in [1.29, 1.82) is 0 Å². The minimum Gasteiger partial charge on any atom is -0.425 e. The van der Waals surface area contributed by atoms with Gasteiger partial charge in [0.05, 0.1) is 6.54 Å². The molecule has 0 saturated heterocycles. The first-order chi connectivity index (χ1) is 15.7. The fraction of sp³-hybridized carbons (Fsp3) is 0.240. The van der Waals surface area contributed by atoms with E-state index in [2.05, 4.69) is 45.5 Å². The van der Waals surface area contributed by atoms with Crippen LogP contribution >= 0.6 is 11.3 Å². The molecular weight excluding hydrogens is 420 g/mol. The largest absolute Gasteiger partial charge is 0.425 e. The molecule has 0 atom stereocenters. The maximum atomic E-state index is 12.6. The monoisotopic (exact) mass is 444 g/mol. The molecule has 0 fully saturated rings. The van der Waals surface area contributed by atoms with Gasteiger partial charge in [0, 0.05) is 53.0 Å². The van der Waals surface area contributed by atoms with E-state index in [0.29, 0.717) is 37.6 Å². The van der Waals surface area contributed by atoms with Crippen LogP contribution in [0.4, 0.5) is 0 Å². The minimum atomic E-state index is 0.0704. The number of para-hydroxylation sites is 1. The van der Waals surface area contributed by atoms with Crippen LogP contribution in [0, 0.1) is 0 Å². The van der Waals surface area contributed by atoms with Crippen molar-refractivity contribution in [3.63, 3.8) is 0 Å². The van der Waals surface area contributed by atoms with Gasteiger partial charge in [-0.1, -0.05) is 36.4 Å². The first-order valence-corrected chi connectivity index (χ1v) is 11.5. The number of carbonyl (C=O) groups is 1. The number of thiophene rings is 1. The average Bonchev–Trinajstić information content (AvgIpc) is 3.53. The summed E-state index contributed by atoms with van der Waals surface area (Å²) >= 11 is 1.73. The van der Waals surface area contributed by atoms with Crippen molar-refractivity contribution in [2.45, 2.75) is 32.2 Å². The second-order valence-corrected chi connectivity index (χ2v) is 9.12. The van der Waals surface area contributed by atoms with E-state index in [1.807, 2.05) is 37.5 Å². The van der Waals surface area contributed by atoms with Gasteiger partial charge in [-0.15, -0.1) is 21.5 Å². The Bertz CT molecular complexity index is 1330. The number of carbonyl (C=O) groups excluding carboxylic acids is 1. The summed E-state index contributed by atoms with van der Waals surface area (Å²) in [5.74, 6) is 1.19. The topological polar surface area (TPSA) is 75.0 Å². The van der Waals surface area contributed by atoms with Crippen LogP contribution in [0.5, 0.6) is 0 Å². The van der Waals surface area contributed by atoms with E-state index in [9.17, 15) is 4.79 Å². The van der Waals surface area contributed by atoms with Gasteiger partial charge in [-0.3, -0.25) is 4.79 Å². The quantitative estimate of drug-likeness (QED) is 0.359. The van der Waals surface area contributed by atoms with Crippen LogP contribution < -0.4 is 0 Å². The van der Waals surface area contributed by atoms with Gasteiger partial charge >= 0.3 is 0 Å². The molecule has 32 heavy (non-hydrogen) atoms. The number of H-pyrrole nitrogens is 1. The third-order valence-corrected chi connectivity index (χ3v) is 6.74. The van der Waals surface area contributed by atoms with E-state index in [-0.39, 0.29) is 5.91 Å². The highest BCUT2D eigenvalue weighted by Crippen LogP contribution is 2.26. The highest BCUT2D eigenvalue weighted by Gasteiger charge is 2.14. The molecule has 1 amide bonds. The third kappa shape index (κ3) is 4.43. The van der Waals surface area contributed by atoms with Crippen LogP contribution in [-0.2, 0) is 30.6 Å². The fourth-order valence-corrected chi connectivity index (χ4v) is 5.03. The number of benzene rings is 2. The zero-order valence-corrected chi connectivity index (χ0v) is 18.7. The van der Waals surface area contributed by atoms with Gasteiger partial charge < -0.3 is 14.3 Å². The SMILES string of the molecule is CN(Cc1cc2ccccc2s1)C(=O)CCc1nnc(CCc2c[nH]c3ccccc23)o1. The summed E-state index contributed by atoms with van der Waals surface area (Å²) in [6.45, 7) is 0.609. The lowest BCUT2D eigenvalue weighted by Gasteiger charge is -2.15. The number of fused-ring (bicyclic) bond motifs is 2. The minimum absolute atomic E-state index is 0.0704. The molecule has 0 spiro atoms. The molecule has 0 bridgehead atoms. The molecule has 5 rings (SSSR count). The average molecular weight is 445 g/mol. The molecule has 3 heterocycles. The van der Waals surface area contributed by atoms with Crippen molar-refractivity contribution >= 4 is 38.2 Å². The van der Waals surface area contributed by atoms with Gasteiger partial charge in [-0.05, 0) is 35.6 Å². The van der Waals surface area contributed by atoms with Crippen LogP contribution in [0.3, 0.4) is 0 Å². The Labute approximate surface area is 189 Å². The Kier molecular flexibility index (Phi) is 5.73. The van der Waals surface area contributed by atoms with Gasteiger partial charge in [-0.2, -0.15) is 0 Å². The van der Waals surface area contributed by atoms with Gasteiger partial charge in [0.2, 0.25) is 17.7 Å². The fourth-order valence-electron chi connectivity index (χ4n) is 3.91. The molecule has 3 aromatic heterocycles. The number of nitrogens with one attached hydrogen (secondary N) is 1. The third-order valence-electron chi connectivity index (χ3n) is 5.64. The maximum absolute atomic E-state index is 12.6. The van der Waals surface area contributed by atoms with Gasteiger partial charge in [-0.25, -0.2) is 0 Å². The van der Waals surface area contributed by atoms with Gasteiger partial charge in [0.15, 0.2) is 0 Å². The van der Waals surface area contributed by atoms with E-state index < -0.39 is 0 Å². The van der Waals surface area contributed by atoms with Crippen LogP contribution in [0.25, 0.3) is 21.0 Å². The van der Waals surface area contributed by atoms with Crippen molar-refractivity contribution in [3.8, 4) is 0 Å². The second kappa shape index (κ2) is 8.96. The normalized spacial score (nSPS) is 11.4. The molecule has 5 aromatic rings. The molecule has 6 nitrogen and oxygen atoms in total. The second-order valence-electron chi connectivity index (χ2n) is 7.95. The predicted molar refractivity (Wildman–Crippen MR) is 127 cm³/mol. The Hall–Kier alpha value is -3.45. The van der Waals surface area contributed by atoms with Crippen LogP contribution in [0.15, 0.2) is 65.2 Å². The number of aromatic nitrogens is 3. The van der Waals surface area contributed by atoms with Crippen molar-refractivity contribution in [1.82, 2.24) is 20.1 Å². The van der Waals surface area contributed by atoms with E-state index in [1.54, 1.807) is 16.2 Å². The summed E-state index contributed by atoms with van der Waals surface area (Å²) in [6, 6.07) is 18.7. The predicted octanol–water partition coefficient (Wildman–Crippen LogP) is 5.14. The highest BCUT2D eigenvalue weighted by molar-refractivity contribution is 7.19. The molecule has 7 heteroatoms. The number of aromatic amines is 1. The van der Waals surface area contributed by atoms with E-state index >= 15 is 0 Å². The summed E-state index contributed by atoms with van der Waals surface area (Å²) in [6.07, 6.45) is 4.34. The first-order valence-electron chi connectivity index (χ1n) is 10.7. The van der Waals surface area contributed by atoms with Crippen molar-refractivity contribution in [2.24, 2.45) is 0 Å². The molecular formula is C25H24N4O2S. The zero-order chi connectivity index (χ0) is 21.9. The van der Waals surface area contributed by atoms with Crippen LogP contribution in [0.2, 0.25) is 0 Å². The Morgan fingerprint density at radius 2 is 1.81 bits per heavy atom. The van der Waals surface area contributed by atoms with Gasteiger partial charge in [0.25, 0.3) is 0 Å². The molecule has 0 aliphatic heterocycles. The van der Waals surface area contributed by atoms with Gasteiger partial charge in [0.1, 0.15) is 0 Å². The summed E-state index contributed by atoms with van der Waals surface area (Å²) in [5.41, 5.74) is 2.37. The molecule has 162 valence electrons. The number of hydrogen-bond donors (Lipinski definition) is 1. The molecule has 1 N–H and O–H groups in total. The standard InChI is InChI=1S/C25H24N4O2S/c1-29(16-19-14-17-6-2-5-9-22(17)32-19)25(30)13-12-24-28-27-23(31-24)11-10-18-15-26-21-8-4-3-7-20(18)21/h2-9,14-15,26H,10-13,16H2,1H3. The van der Waals surface area contributed by atoms with Crippen molar-refractivity contribution in [3.05, 3.63) is 83.0 Å². The molecule has 0 aliphatic rings. The Balaban J connectivity index is 1.13. The van der Waals surface area contributed by atoms with Crippen molar-refractivity contribution < 1.29 is 9.21 Å². The molecule has 0 radical (unpaired) electrons. The summed E-state index contributed by atoms with van der Waals surface area (Å²) < 4.78 is 7.03. The number of amides is 1. The lowest BCUT2D eigenvalue weighted by atomic mass is 10.1. The highest BCUT2D eigenvalue weighted by atomic mass is 32.1. The number of aryl methyl sites for hydroxylation is 3. The lowest BCUT2D eigenvalue weighted by molar-refractivity contribution is -0.130. The smallest absolute Gasteiger partial charge is 0.223 e. The number of rotatable bonds is 8. The lowest BCUT2D eigenvalue weighted by Crippen LogP contribution is -2.26. The van der Waals surface area contributed by atoms with Crippen LogP contribution in [0.1, 0.15) is 28.6 Å². The summed E-state index contributed by atoms with van der Waals surface area (Å²) in [5, 5.41) is 10.7. The maximum Gasteiger partial charge on any atom is 0.223 e. The Morgan fingerprint density at radius 1 is 1.03 bits per heavy atom. The van der Waals surface area contributed by atoms with Crippen molar-refractivity contribution in [2.75, 3.05) is 7.05 Å². The number of nitrogens with zero attached hydrogens (tertiary/aromatic N) is 3. The molecule has 0 unspecified atom stereocenters. The molecule has 0 aliphatic carbocycles. The molecule has 2 aromatic carbocycles. The van der Waals surface area contributed by atoms with Crippen LogP contribution in [-0.4, -0.2) is 33.0 Å². The molecule has 0 saturated carbocycles. The Morgan fingerprint density at radius 3 is 2.69 bits per heavy atom. The van der Waals surface area contributed by atoms with E-state index in [1.165, 1.54) is 25.9 Å². The van der Waals surface area contributed by atoms with E-state index in [4.69, 9.17) is 4.42 Å². The summed E-state index contributed by atoms with van der Waals surface area (Å²) in [4.78, 5) is 18.8. The first kappa shape index (κ1) is 20.5. The zero-order valence-electron chi connectivity index (χ0n) is 17.9. The van der Waals surface area contributed by atoms with E-state index in [0.717, 1.165) is 11.9 Å². The number of hydrogen-bond acceptors (Lipinski definition) is 5. The summed E-state index contributed by atoms with van der Waals surface area (Å²) in [7, 11) is 1.84.